The number of hydrogen-bond donors (Lipinski definition) is 1. The van der Waals surface area contributed by atoms with Crippen molar-refractivity contribution in [3.8, 4) is 0 Å². The molecule has 1 N–H and O–H groups in total. The van der Waals surface area contributed by atoms with Gasteiger partial charge in [0.05, 0.1) is 5.69 Å². The Morgan fingerprint density at radius 3 is 2.23 bits per heavy atom. The Morgan fingerprint density at radius 1 is 0.872 bits per heavy atom. The quantitative estimate of drug-likeness (QED) is 0.268. The van der Waals surface area contributed by atoms with Gasteiger partial charge in [0.15, 0.2) is 0 Å². The molecule has 0 saturated heterocycles. The maximum absolute atomic E-state index is 11.4. The molecule has 1 aliphatic rings. The Bertz CT molecular complexity index is 1420. The van der Waals surface area contributed by atoms with Gasteiger partial charge in [-0.15, -0.1) is 0 Å². The summed E-state index contributed by atoms with van der Waals surface area (Å²) in [6, 6.07) is 27.7. The molecule has 4 nitrogen and oxygen atoms in total. The van der Waals surface area contributed by atoms with Crippen molar-refractivity contribution in [3.05, 3.63) is 117 Å². The molecule has 1 fully saturated rings. The summed E-state index contributed by atoms with van der Waals surface area (Å²) in [5, 5.41) is 12.4. The first kappa shape index (κ1) is 28.6. The highest BCUT2D eigenvalue weighted by Crippen LogP contribution is 2.32. The van der Waals surface area contributed by atoms with Crippen LogP contribution in [-0.4, -0.2) is 21.9 Å². The van der Waals surface area contributed by atoms with Crippen molar-refractivity contribution in [1.29, 1.82) is 0 Å². The SMILES string of the molecule is CN(Cc1ccc(C(C)(C)C)cc1)Cc1cccc2ccccc12.Cc1cc(C2CCCCC2)n(O)c(=O)c1. The highest BCUT2D eigenvalue weighted by molar-refractivity contribution is 5.85. The second kappa shape index (κ2) is 12.7. The standard InChI is InChI=1S/C23H27N.C12H17NO2/c1-23(2,3)21-14-12-18(13-15-21)16-24(4)17-20-10-7-9-19-8-5-6-11-22(19)20;1-9-7-11(13(15)12(14)8-9)10-5-3-2-4-6-10/h5-15H,16-17H2,1-4H3;7-8,10,15H,2-6H2,1H3. The smallest absolute Gasteiger partial charge is 0.283 e. The molecule has 0 aliphatic heterocycles. The highest BCUT2D eigenvalue weighted by Gasteiger charge is 2.19. The zero-order valence-corrected chi connectivity index (χ0v) is 24.3. The number of rotatable bonds is 5. The third kappa shape index (κ3) is 7.60. The second-order valence-corrected chi connectivity index (χ2v) is 12.2. The van der Waals surface area contributed by atoms with Gasteiger partial charge in [-0.05, 0) is 71.3 Å². The van der Waals surface area contributed by atoms with E-state index in [-0.39, 0.29) is 11.0 Å². The van der Waals surface area contributed by atoms with E-state index in [9.17, 15) is 10.0 Å². The molecule has 0 spiro atoms. The maximum atomic E-state index is 11.4. The summed E-state index contributed by atoms with van der Waals surface area (Å²) < 4.78 is 0.822. The maximum Gasteiger partial charge on any atom is 0.283 e. The van der Waals surface area contributed by atoms with Gasteiger partial charge in [0.2, 0.25) is 0 Å². The van der Waals surface area contributed by atoms with E-state index < -0.39 is 0 Å². The molecular formula is C35H44N2O2. The molecule has 39 heavy (non-hydrogen) atoms. The van der Waals surface area contributed by atoms with Gasteiger partial charge in [-0.25, -0.2) is 0 Å². The van der Waals surface area contributed by atoms with Crippen LogP contribution in [0.4, 0.5) is 0 Å². The van der Waals surface area contributed by atoms with E-state index in [1.807, 2.05) is 13.0 Å². The van der Waals surface area contributed by atoms with Gasteiger partial charge in [-0.1, -0.05) is 107 Å². The molecule has 1 saturated carbocycles. The van der Waals surface area contributed by atoms with Gasteiger partial charge in [0.1, 0.15) is 0 Å². The van der Waals surface area contributed by atoms with Crippen LogP contribution in [0.5, 0.6) is 0 Å². The predicted octanol–water partition coefficient (Wildman–Crippen LogP) is 8.21. The first-order valence-electron chi connectivity index (χ1n) is 14.3. The van der Waals surface area contributed by atoms with E-state index in [0.717, 1.165) is 41.9 Å². The fourth-order valence-corrected chi connectivity index (χ4v) is 5.61. The molecule has 0 unspecified atom stereocenters. The normalized spacial score (nSPS) is 14.3. The van der Waals surface area contributed by atoms with Crippen LogP contribution in [-0.2, 0) is 18.5 Å². The number of nitrogens with zero attached hydrogens (tertiary/aromatic N) is 2. The van der Waals surface area contributed by atoms with Crippen LogP contribution in [0.1, 0.15) is 86.7 Å². The first-order valence-corrected chi connectivity index (χ1v) is 14.3. The minimum Gasteiger partial charge on any atom is -0.425 e. The lowest BCUT2D eigenvalue weighted by molar-refractivity contribution is 0.156. The van der Waals surface area contributed by atoms with Crippen molar-refractivity contribution in [2.75, 3.05) is 7.05 Å². The van der Waals surface area contributed by atoms with Gasteiger partial charge >= 0.3 is 0 Å². The highest BCUT2D eigenvalue weighted by atomic mass is 16.5. The van der Waals surface area contributed by atoms with Crippen LogP contribution in [0.25, 0.3) is 10.8 Å². The van der Waals surface area contributed by atoms with Crippen LogP contribution in [0.2, 0.25) is 0 Å². The molecule has 1 aromatic heterocycles. The predicted molar refractivity (Wildman–Crippen MR) is 163 cm³/mol. The number of fused-ring (bicyclic) bond motifs is 1. The first-order chi connectivity index (χ1) is 18.6. The number of hydrogen-bond acceptors (Lipinski definition) is 3. The topological polar surface area (TPSA) is 45.5 Å². The van der Waals surface area contributed by atoms with Crippen LogP contribution in [0.3, 0.4) is 0 Å². The Labute approximate surface area is 233 Å². The molecule has 3 aromatic carbocycles. The molecule has 4 heteroatoms. The van der Waals surface area contributed by atoms with Crippen molar-refractivity contribution >= 4 is 10.8 Å². The third-order valence-electron chi connectivity index (χ3n) is 7.80. The molecule has 0 radical (unpaired) electrons. The molecule has 1 aliphatic carbocycles. The molecule has 0 atom stereocenters. The monoisotopic (exact) mass is 524 g/mol. The average molecular weight is 525 g/mol. The van der Waals surface area contributed by atoms with E-state index >= 15 is 0 Å². The lowest BCUT2D eigenvalue weighted by Gasteiger charge is -2.22. The molecule has 206 valence electrons. The molecular weight excluding hydrogens is 480 g/mol. The van der Waals surface area contributed by atoms with Crippen molar-refractivity contribution in [2.24, 2.45) is 0 Å². The molecule has 0 amide bonds. The van der Waals surface area contributed by atoms with Crippen molar-refractivity contribution in [3.63, 3.8) is 0 Å². The summed E-state index contributed by atoms with van der Waals surface area (Å²) in [5.74, 6) is 0.358. The summed E-state index contributed by atoms with van der Waals surface area (Å²) in [5.41, 5.74) is 5.78. The van der Waals surface area contributed by atoms with Crippen molar-refractivity contribution in [2.45, 2.75) is 84.2 Å². The molecule has 5 rings (SSSR count). The van der Waals surface area contributed by atoms with Gasteiger partial charge in [0, 0.05) is 25.1 Å². The summed E-state index contributed by atoms with van der Waals surface area (Å²) in [7, 11) is 2.19. The van der Waals surface area contributed by atoms with E-state index in [0.29, 0.717) is 5.92 Å². The zero-order valence-electron chi connectivity index (χ0n) is 24.3. The van der Waals surface area contributed by atoms with Crippen LogP contribution >= 0.6 is 0 Å². The fourth-order valence-electron chi connectivity index (χ4n) is 5.61. The lowest BCUT2D eigenvalue weighted by Crippen LogP contribution is -2.23. The number of aromatic nitrogens is 1. The molecule has 1 heterocycles. The van der Waals surface area contributed by atoms with Crippen LogP contribution in [0, 0.1) is 6.92 Å². The summed E-state index contributed by atoms with van der Waals surface area (Å²) >= 11 is 0. The van der Waals surface area contributed by atoms with Gasteiger partial charge in [0.25, 0.3) is 5.56 Å². The Hall–Kier alpha value is -3.37. The number of pyridine rings is 1. The van der Waals surface area contributed by atoms with Crippen molar-refractivity contribution in [1.82, 2.24) is 9.63 Å². The third-order valence-corrected chi connectivity index (χ3v) is 7.80. The van der Waals surface area contributed by atoms with Gasteiger partial charge in [-0.2, -0.15) is 4.73 Å². The van der Waals surface area contributed by atoms with Crippen molar-refractivity contribution < 1.29 is 5.21 Å². The Morgan fingerprint density at radius 2 is 1.54 bits per heavy atom. The van der Waals surface area contributed by atoms with E-state index in [2.05, 4.69) is 99.4 Å². The van der Waals surface area contributed by atoms with Gasteiger partial charge in [-0.3, -0.25) is 9.69 Å². The zero-order chi connectivity index (χ0) is 28.0. The largest absolute Gasteiger partial charge is 0.425 e. The minimum absolute atomic E-state index is 0.216. The average Bonchev–Trinajstić information content (AvgIpc) is 2.91. The summed E-state index contributed by atoms with van der Waals surface area (Å²) in [4.78, 5) is 13.8. The second-order valence-electron chi connectivity index (χ2n) is 12.2. The molecule has 4 aromatic rings. The number of benzene rings is 3. The minimum atomic E-state index is -0.310. The van der Waals surface area contributed by atoms with Gasteiger partial charge < -0.3 is 5.21 Å². The lowest BCUT2D eigenvalue weighted by atomic mass is 9.86. The van der Waals surface area contributed by atoms with Crippen LogP contribution < -0.4 is 5.56 Å². The van der Waals surface area contributed by atoms with Crippen LogP contribution in [0.15, 0.2) is 83.7 Å². The summed E-state index contributed by atoms with van der Waals surface area (Å²) in [6.45, 7) is 10.6. The number of aryl methyl sites for hydroxylation is 1. The Balaban J connectivity index is 0.000000202. The van der Waals surface area contributed by atoms with E-state index in [1.54, 1.807) is 0 Å². The molecule has 0 bridgehead atoms. The Kier molecular flexibility index (Phi) is 9.29. The summed E-state index contributed by atoms with van der Waals surface area (Å²) in [6.07, 6.45) is 5.85. The van der Waals surface area contributed by atoms with E-state index in [1.165, 1.54) is 52.8 Å². The fraction of sp³-hybridized carbons (Fsp3) is 0.400. The van der Waals surface area contributed by atoms with E-state index in [4.69, 9.17) is 0 Å².